The molecule has 1 aromatic carbocycles. The number of aryl methyl sites for hydroxylation is 1. The Hall–Kier alpha value is -0.960. The summed E-state index contributed by atoms with van der Waals surface area (Å²) in [6.45, 7) is 3.58. The summed E-state index contributed by atoms with van der Waals surface area (Å²) >= 11 is 3.36. The lowest BCUT2D eigenvalue weighted by molar-refractivity contribution is -0.130. The van der Waals surface area contributed by atoms with Crippen LogP contribution >= 0.6 is 15.9 Å². The molecule has 0 heterocycles. The van der Waals surface area contributed by atoms with E-state index in [1.165, 1.54) is 0 Å². The van der Waals surface area contributed by atoms with Crippen molar-refractivity contribution < 1.29 is 9.59 Å². The molecule has 0 N–H and O–H groups in total. The highest BCUT2D eigenvalue weighted by Crippen LogP contribution is 2.34. The standard InChI is InChI=1S/C14H15BrO2/c1-14(2,15)13(17)12-10-6-4-3-5-9(10)7-8-11(12)16/h3-6,12H,7-8H2,1-2H3. The zero-order valence-corrected chi connectivity index (χ0v) is 11.6. The Balaban J connectivity index is 2.47. The molecule has 0 fully saturated rings. The number of hydrogen-bond donors (Lipinski definition) is 0. The van der Waals surface area contributed by atoms with Crippen molar-refractivity contribution in [2.24, 2.45) is 0 Å². The zero-order valence-electron chi connectivity index (χ0n) is 10.00. The number of halogens is 1. The Labute approximate surface area is 110 Å². The third kappa shape index (κ3) is 2.34. The quantitative estimate of drug-likeness (QED) is 0.621. The van der Waals surface area contributed by atoms with E-state index in [4.69, 9.17) is 0 Å². The van der Waals surface area contributed by atoms with Gasteiger partial charge >= 0.3 is 0 Å². The van der Waals surface area contributed by atoms with E-state index >= 15 is 0 Å². The Kier molecular flexibility index (Phi) is 3.21. The SMILES string of the molecule is CC(C)(Br)C(=O)C1C(=O)CCc2ccccc21. The molecule has 0 aliphatic heterocycles. The average Bonchev–Trinajstić information content (AvgIpc) is 2.27. The van der Waals surface area contributed by atoms with Gasteiger partial charge in [0.05, 0.1) is 4.32 Å². The van der Waals surface area contributed by atoms with Gasteiger partial charge in [0.2, 0.25) is 0 Å². The largest absolute Gasteiger partial charge is 0.299 e. The summed E-state index contributed by atoms with van der Waals surface area (Å²) in [6.07, 6.45) is 1.22. The number of fused-ring (bicyclic) bond motifs is 1. The van der Waals surface area contributed by atoms with Crippen molar-refractivity contribution in [3.8, 4) is 0 Å². The Morgan fingerprint density at radius 1 is 1.29 bits per heavy atom. The normalized spacial score (nSPS) is 19.9. The number of ketones is 2. The van der Waals surface area contributed by atoms with Gasteiger partial charge in [0.15, 0.2) is 5.78 Å². The molecule has 1 atom stereocenters. The summed E-state index contributed by atoms with van der Waals surface area (Å²) in [7, 11) is 0. The van der Waals surface area contributed by atoms with Gasteiger partial charge in [0, 0.05) is 6.42 Å². The van der Waals surface area contributed by atoms with Crippen molar-refractivity contribution in [3.05, 3.63) is 35.4 Å². The monoisotopic (exact) mass is 294 g/mol. The van der Waals surface area contributed by atoms with Crippen LogP contribution in [0.1, 0.15) is 37.3 Å². The van der Waals surface area contributed by atoms with Gasteiger partial charge in [-0.3, -0.25) is 9.59 Å². The Bertz CT molecular complexity index is 471. The van der Waals surface area contributed by atoms with Gasteiger partial charge in [0.25, 0.3) is 0 Å². The maximum absolute atomic E-state index is 12.3. The fourth-order valence-electron chi connectivity index (χ4n) is 2.25. The van der Waals surface area contributed by atoms with Crippen molar-refractivity contribution in [2.45, 2.75) is 36.9 Å². The minimum absolute atomic E-state index is 0.0428. The van der Waals surface area contributed by atoms with Gasteiger partial charge in [-0.2, -0.15) is 0 Å². The smallest absolute Gasteiger partial charge is 0.163 e. The van der Waals surface area contributed by atoms with Gasteiger partial charge in [0.1, 0.15) is 11.7 Å². The van der Waals surface area contributed by atoms with Crippen LogP contribution < -0.4 is 0 Å². The van der Waals surface area contributed by atoms with Crippen LogP contribution in [-0.4, -0.2) is 15.9 Å². The second-order valence-corrected chi connectivity index (χ2v) is 6.92. The van der Waals surface area contributed by atoms with Crippen LogP contribution in [0.15, 0.2) is 24.3 Å². The van der Waals surface area contributed by atoms with Gasteiger partial charge < -0.3 is 0 Å². The van der Waals surface area contributed by atoms with E-state index in [1.807, 2.05) is 24.3 Å². The molecule has 0 saturated carbocycles. The van der Waals surface area contributed by atoms with Crippen LogP contribution in [-0.2, 0) is 16.0 Å². The van der Waals surface area contributed by atoms with Crippen LogP contribution in [0.3, 0.4) is 0 Å². The molecular formula is C14H15BrO2. The number of Topliss-reactive ketones (excluding diaryl/α,β-unsaturated/α-hetero) is 2. The summed E-state index contributed by atoms with van der Waals surface area (Å²) in [4.78, 5) is 24.3. The molecule has 0 radical (unpaired) electrons. The highest BCUT2D eigenvalue weighted by Gasteiger charge is 2.39. The first-order valence-corrected chi connectivity index (χ1v) is 6.54. The molecule has 1 unspecified atom stereocenters. The maximum Gasteiger partial charge on any atom is 0.163 e. The average molecular weight is 295 g/mol. The molecule has 0 bridgehead atoms. The number of alkyl halides is 1. The zero-order chi connectivity index (χ0) is 12.6. The number of carbonyl (C=O) groups excluding carboxylic acids is 2. The van der Waals surface area contributed by atoms with Crippen molar-refractivity contribution in [1.82, 2.24) is 0 Å². The van der Waals surface area contributed by atoms with E-state index in [-0.39, 0.29) is 11.6 Å². The van der Waals surface area contributed by atoms with Crippen LogP contribution in [0, 0.1) is 0 Å². The van der Waals surface area contributed by atoms with Crippen LogP contribution in [0.2, 0.25) is 0 Å². The molecule has 1 aromatic rings. The third-order valence-corrected chi connectivity index (χ3v) is 3.57. The topological polar surface area (TPSA) is 34.1 Å². The molecule has 3 heteroatoms. The second kappa shape index (κ2) is 4.37. The molecule has 0 saturated heterocycles. The van der Waals surface area contributed by atoms with Crippen molar-refractivity contribution in [1.29, 1.82) is 0 Å². The summed E-state index contributed by atoms with van der Waals surface area (Å²) in [5.74, 6) is -0.592. The maximum atomic E-state index is 12.3. The minimum atomic E-state index is -0.655. The molecule has 0 amide bonds. The van der Waals surface area contributed by atoms with E-state index in [0.717, 1.165) is 17.5 Å². The lowest BCUT2D eigenvalue weighted by Crippen LogP contribution is -2.36. The molecule has 0 spiro atoms. The van der Waals surface area contributed by atoms with Crippen molar-refractivity contribution in [3.63, 3.8) is 0 Å². The van der Waals surface area contributed by atoms with Gasteiger partial charge in [-0.25, -0.2) is 0 Å². The molecule has 90 valence electrons. The van der Waals surface area contributed by atoms with Gasteiger partial charge in [-0.05, 0) is 31.4 Å². The fourth-order valence-corrected chi connectivity index (χ4v) is 2.48. The minimum Gasteiger partial charge on any atom is -0.299 e. The predicted molar refractivity (Wildman–Crippen MR) is 70.5 cm³/mol. The van der Waals surface area contributed by atoms with Crippen LogP contribution in [0.4, 0.5) is 0 Å². The first-order chi connectivity index (χ1) is 7.91. The Morgan fingerprint density at radius 3 is 2.59 bits per heavy atom. The highest BCUT2D eigenvalue weighted by atomic mass is 79.9. The lowest BCUT2D eigenvalue weighted by Gasteiger charge is -2.27. The number of benzene rings is 1. The van der Waals surface area contributed by atoms with Crippen molar-refractivity contribution in [2.75, 3.05) is 0 Å². The number of rotatable bonds is 2. The summed E-state index contributed by atoms with van der Waals surface area (Å²) in [6, 6.07) is 7.74. The molecule has 1 aliphatic rings. The summed E-state index contributed by atoms with van der Waals surface area (Å²) in [5.41, 5.74) is 2.02. The Morgan fingerprint density at radius 2 is 1.94 bits per heavy atom. The second-order valence-electron chi connectivity index (χ2n) is 4.93. The molecule has 1 aliphatic carbocycles. The molecule has 17 heavy (non-hydrogen) atoms. The van der Waals surface area contributed by atoms with E-state index in [0.29, 0.717) is 6.42 Å². The van der Waals surface area contributed by atoms with E-state index in [9.17, 15) is 9.59 Å². The molecule has 2 rings (SSSR count). The molecular weight excluding hydrogens is 280 g/mol. The third-order valence-electron chi connectivity index (χ3n) is 3.18. The first-order valence-electron chi connectivity index (χ1n) is 5.75. The lowest BCUT2D eigenvalue weighted by atomic mass is 9.77. The number of carbonyl (C=O) groups is 2. The van der Waals surface area contributed by atoms with E-state index < -0.39 is 10.2 Å². The van der Waals surface area contributed by atoms with E-state index in [2.05, 4.69) is 15.9 Å². The predicted octanol–water partition coefficient (Wildman–Crippen LogP) is 3.03. The van der Waals surface area contributed by atoms with Gasteiger partial charge in [-0.1, -0.05) is 40.2 Å². The highest BCUT2D eigenvalue weighted by molar-refractivity contribution is 9.10. The van der Waals surface area contributed by atoms with E-state index in [1.54, 1.807) is 13.8 Å². The summed E-state index contributed by atoms with van der Waals surface area (Å²) < 4.78 is -0.655. The number of hydrogen-bond acceptors (Lipinski definition) is 2. The van der Waals surface area contributed by atoms with Crippen LogP contribution in [0.25, 0.3) is 0 Å². The van der Waals surface area contributed by atoms with Crippen molar-refractivity contribution >= 4 is 27.5 Å². The molecule has 2 nitrogen and oxygen atoms in total. The first kappa shape index (κ1) is 12.5. The fraction of sp³-hybridized carbons (Fsp3) is 0.429. The van der Waals surface area contributed by atoms with Gasteiger partial charge in [-0.15, -0.1) is 0 Å². The molecule has 0 aromatic heterocycles. The summed E-state index contributed by atoms with van der Waals surface area (Å²) in [5, 5.41) is 0. The van der Waals surface area contributed by atoms with Crippen LogP contribution in [0.5, 0.6) is 0 Å².